The second kappa shape index (κ2) is 4.74. The van der Waals surface area contributed by atoms with Crippen molar-refractivity contribution in [3.8, 4) is 0 Å². The summed E-state index contributed by atoms with van der Waals surface area (Å²) in [5, 5.41) is 0. The molecule has 1 aliphatic heterocycles. The van der Waals surface area contributed by atoms with Gasteiger partial charge in [0.05, 0.1) is 6.04 Å². The molecule has 16 heavy (non-hydrogen) atoms. The highest BCUT2D eigenvalue weighted by atomic mass is 19.1. The number of carbonyl (C=O) groups excluding carboxylic acids is 1. The maximum absolute atomic E-state index is 12.7. The summed E-state index contributed by atoms with van der Waals surface area (Å²) in [4.78, 5) is 14.3. The fourth-order valence-corrected chi connectivity index (χ4v) is 2.15. The fourth-order valence-electron chi connectivity index (χ4n) is 2.15. The zero-order valence-electron chi connectivity index (χ0n) is 9.45. The summed E-state index contributed by atoms with van der Waals surface area (Å²) in [5.41, 5.74) is 0.598. The van der Waals surface area contributed by atoms with Crippen LogP contribution in [0.1, 0.15) is 30.1 Å². The summed E-state index contributed by atoms with van der Waals surface area (Å²) in [6, 6.07) is 5.70. The predicted octanol–water partition coefficient (Wildman–Crippen LogP) is 2.49. The van der Waals surface area contributed by atoms with Gasteiger partial charge in [0, 0.05) is 5.56 Å². The summed E-state index contributed by atoms with van der Waals surface area (Å²) in [6.07, 6.45) is 2.34. The average molecular weight is 221 g/mol. The highest BCUT2D eigenvalue weighted by Gasteiger charge is 2.24. The van der Waals surface area contributed by atoms with Gasteiger partial charge in [0.15, 0.2) is 5.78 Å². The highest BCUT2D eigenvalue weighted by Crippen LogP contribution is 2.15. The Hall–Kier alpha value is -1.22. The van der Waals surface area contributed by atoms with Crippen LogP contribution in [-0.2, 0) is 0 Å². The first-order valence-corrected chi connectivity index (χ1v) is 5.72. The summed E-state index contributed by atoms with van der Waals surface area (Å²) in [7, 11) is 0. The van der Waals surface area contributed by atoms with Crippen molar-refractivity contribution in [2.75, 3.05) is 13.1 Å². The number of Topliss-reactive ketones (excluding diaryl/α,β-unsaturated/α-hetero) is 1. The second-order valence-electron chi connectivity index (χ2n) is 4.29. The van der Waals surface area contributed by atoms with Crippen LogP contribution in [0.2, 0.25) is 0 Å². The molecule has 1 heterocycles. The van der Waals surface area contributed by atoms with Crippen LogP contribution in [0.15, 0.2) is 24.3 Å². The molecule has 0 unspecified atom stereocenters. The lowest BCUT2D eigenvalue weighted by atomic mass is 10.0. The third kappa shape index (κ3) is 2.30. The third-order valence-corrected chi connectivity index (χ3v) is 3.20. The van der Waals surface area contributed by atoms with E-state index in [4.69, 9.17) is 0 Å². The van der Waals surface area contributed by atoms with Crippen molar-refractivity contribution in [1.82, 2.24) is 4.90 Å². The van der Waals surface area contributed by atoms with Gasteiger partial charge in [-0.05, 0) is 57.1 Å². The lowest BCUT2D eigenvalue weighted by molar-refractivity contribution is 0.0867. The molecule has 0 bridgehead atoms. The number of carbonyl (C=O) groups is 1. The molecule has 2 rings (SSSR count). The molecule has 3 heteroatoms. The Labute approximate surface area is 95.1 Å². The van der Waals surface area contributed by atoms with Gasteiger partial charge >= 0.3 is 0 Å². The molecule has 1 saturated heterocycles. The second-order valence-corrected chi connectivity index (χ2v) is 4.29. The SMILES string of the molecule is C[C@H](C(=O)c1ccc(F)cc1)N1CCCC1. The lowest BCUT2D eigenvalue weighted by Crippen LogP contribution is -2.36. The van der Waals surface area contributed by atoms with Crippen molar-refractivity contribution in [1.29, 1.82) is 0 Å². The molecule has 1 aromatic carbocycles. The van der Waals surface area contributed by atoms with E-state index in [9.17, 15) is 9.18 Å². The molecular formula is C13H16FNO. The van der Waals surface area contributed by atoms with Gasteiger partial charge in [0.2, 0.25) is 0 Å². The van der Waals surface area contributed by atoms with E-state index in [1.165, 1.54) is 25.0 Å². The van der Waals surface area contributed by atoms with Crippen LogP contribution < -0.4 is 0 Å². The number of rotatable bonds is 3. The molecule has 0 N–H and O–H groups in total. The topological polar surface area (TPSA) is 20.3 Å². The normalized spacial score (nSPS) is 18.6. The van der Waals surface area contributed by atoms with Crippen LogP contribution >= 0.6 is 0 Å². The Morgan fingerprint density at radius 3 is 2.38 bits per heavy atom. The van der Waals surface area contributed by atoms with Gasteiger partial charge in [-0.2, -0.15) is 0 Å². The zero-order valence-corrected chi connectivity index (χ0v) is 9.45. The molecule has 0 aromatic heterocycles. The van der Waals surface area contributed by atoms with Crippen LogP contribution in [0.25, 0.3) is 0 Å². The first kappa shape index (κ1) is 11.3. The van der Waals surface area contributed by atoms with Gasteiger partial charge in [0.1, 0.15) is 5.82 Å². The van der Waals surface area contributed by atoms with Crippen LogP contribution in [0.3, 0.4) is 0 Å². The monoisotopic (exact) mass is 221 g/mol. The standard InChI is InChI=1S/C13H16FNO/c1-10(15-8-2-3-9-15)13(16)11-4-6-12(14)7-5-11/h4-7,10H,2-3,8-9H2,1H3/t10-/m1/s1. The van der Waals surface area contributed by atoms with Crippen molar-refractivity contribution in [2.24, 2.45) is 0 Å². The highest BCUT2D eigenvalue weighted by molar-refractivity contribution is 5.99. The maximum Gasteiger partial charge on any atom is 0.179 e. The Morgan fingerprint density at radius 1 is 1.25 bits per heavy atom. The maximum atomic E-state index is 12.7. The van der Waals surface area contributed by atoms with E-state index in [0.717, 1.165) is 13.1 Å². The molecular weight excluding hydrogens is 205 g/mol. The predicted molar refractivity (Wildman–Crippen MR) is 61.0 cm³/mol. The van der Waals surface area contributed by atoms with E-state index in [1.54, 1.807) is 12.1 Å². The molecule has 0 amide bonds. The minimum absolute atomic E-state index is 0.0851. The van der Waals surface area contributed by atoms with Gasteiger partial charge in [0.25, 0.3) is 0 Å². The van der Waals surface area contributed by atoms with E-state index in [2.05, 4.69) is 4.90 Å². The number of nitrogens with zero attached hydrogens (tertiary/aromatic N) is 1. The number of halogens is 1. The largest absolute Gasteiger partial charge is 0.294 e. The number of benzene rings is 1. The quantitative estimate of drug-likeness (QED) is 0.731. The number of hydrogen-bond donors (Lipinski definition) is 0. The third-order valence-electron chi connectivity index (χ3n) is 3.20. The Bertz CT molecular complexity index is 368. The molecule has 1 aromatic rings. The van der Waals surface area contributed by atoms with Crippen molar-refractivity contribution >= 4 is 5.78 Å². The van der Waals surface area contributed by atoms with Crippen molar-refractivity contribution < 1.29 is 9.18 Å². The molecule has 0 radical (unpaired) electrons. The summed E-state index contributed by atoms with van der Waals surface area (Å²) in [5.74, 6) is -0.215. The Kier molecular flexibility index (Phi) is 3.34. The molecule has 0 aliphatic carbocycles. The van der Waals surface area contributed by atoms with E-state index in [-0.39, 0.29) is 17.6 Å². The van der Waals surface area contributed by atoms with Crippen molar-refractivity contribution in [3.05, 3.63) is 35.6 Å². The van der Waals surface area contributed by atoms with E-state index in [0.29, 0.717) is 5.56 Å². The average Bonchev–Trinajstić information content (AvgIpc) is 2.81. The lowest BCUT2D eigenvalue weighted by Gasteiger charge is -2.22. The van der Waals surface area contributed by atoms with E-state index >= 15 is 0 Å². The summed E-state index contributed by atoms with van der Waals surface area (Å²) < 4.78 is 12.7. The van der Waals surface area contributed by atoms with Gasteiger partial charge in [-0.3, -0.25) is 9.69 Å². The van der Waals surface area contributed by atoms with Crippen LogP contribution in [0, 0.1) is 5.82 Å². The molecule has 1 atom stereocenters. The molecule has 86 valence electrons. The first-order valence-electron chi connectivity index (χ1n) is 5.72. The van der Waals surface area contributed by atoms with E-state index in [1.807, 2.05) is 6.92 Å². The smallest absolute Gasteiger partial charge is 0.179 e. The molecule has 0 spiro atoms. The Morgan fingerprint density at radius 2 is 1.81 bits per heavy atom. The fraction of sp³-hybridized carbons (Fsp3) is 0.462. The van der Waals surface area contributed by atoms with E-state index < -0.39 is 0 Å². The van der Waals surface area contributed by atoms with Crippen LogP contribution in [0.4, 0.5) is 4.39 Å². The van der Waals surface area contributed by atoms with Gasteiger partial charge in [-0.15, -0.1) is 0 Å². The zero-order chi connectivity index (χ0) is 11.5. The summed E-state index contributed by atoms with van der Waals surface area (Å²) >= 11 is 0. The Balaban J connectivity index is 2.08. The first-order chi connectivity index (χ1) is 7.68. The number of likely N-dealkylation sites (tertiary alicyclic amines) is 1. The molecule has 1 aliphatic rings. The van der Waals surface area contributed by atoms with Crippen LogP contribution in [-0.4, -0.2) is 29.8 Å². The van der Waals surface area contributed by atoms with Crippen molar-refractivity contribution in [3.63, 3.8) is 0 Å². The molecule has 1 fully saturated rings. The molecule has 0 saturated carbocycles. The minimum atomic E-state index is -0.301. The van der Waals surface area contributed by atoms with Gasteiger partial charge < -0.3 is 0 Å². The number of hydrogen-bond acceptors (Lipinski definition) is 2. The summed E-state index contributed by atoms with van der Waals surface area (Å²) in [6.45, 7) is 3.92. The van der Waals surface area contributed by atoms with Crippen LogP contribution in [0.5, 0.6) is 0 Å². The minimum Gasteiger partial charge on any atom is -0.294 e. The van der Waals surface area contributed by atoms with Crippen molar-refractivity contribution in [2.45, 2.75) is 25.8 Å². The van der Waals surface area contributed by atoms with Gasteiger partial charge in [-0.25, -0.2) is 4.39 Å². The van der Waals surface area contributed by atoms with Gasteiger partial charge in [-0.1, -0.05) is 0 Å². The molecule has 2 nitrogen and oxygen atoms in total. The number of ketones is 1.